The number of amides is 4. The molecule has 3 aromatic carbocycles. The fourth-order valence-corrected chi connectivity index (χ4v) is 4.81. The minimum Gasteiger partial charge on any atom is -0.490 e. The van der Waals surface area contributed by atoms with Crippen LogP contribution < -0.4 is 19.7 Å². The molecule has 37 heavy (non-hydrogen) atoms. The van der Waals surface area contributed by atoms with E-state index in [4.69, 9.17) is 21.1 Å². The highest BCUT2D eigenvalue weighted by Crippen LogP contribution is 2.38. The number of halogens is 2. The van der Waals surface area contributed by atoms with Gasteiger partial charge in [0.25, 0.3) is 11.8 Å². The van der Waals surface area contributed by atoms with Crippen LogP contribution in [-0.2, 0) is 16.2 Å². The normalized spacial score (nSPS) is 14.7. The van der Waals surface area contributed by atoms with Crippen LogP contribution in [0.15, 0.2) is 64.6 Å². The van der Waals surface area contributed by atoms with Gasteiger partial charge in [0.15, 0.2) is 11.5 Å². The van der Waals surface area contributed by atoms with E-state index in [1.54, 1.807) is 30.3 Å². The molecule has 1 heterocycles. The number of barbiturate groups is 1. The molecule has 3 aromatic rings. The molecular formula is C28H24BrClN2O5. The van der Waals surface area contributed by atoms with E-state index >= 15 is 0 Å². The third kappa shape index (κ3) is 6.03. The number of carbonyl (C=O) groups is 3. The molecule has 0 saturated carbocycles. The van der Waals surface area contributed by atoms with Crippen LogP contribution in [0.1, 0.15) is 29.2 Å². The topological polar surface area (TPSA) is 84.9 Å². The summed E-state index contributed by atoms with van der Waals surface area (Å²) >= 11 is 9.56. The Kier molecular flexibility index (Phi) is 8.00. The van der Waals surface area contributed by atoms with Gasteiger partial charge in [-0.3, -0.25) is 14.9 Å². The van der Waals surface area contributed by atoms with Gasteiger partial charge in [0, 0.05) is 5.02 Å². The van der Waals surface area contributed by atoms with Crippen LogP contribution in [0.25, 0.3) is 6.08 Å². The van der Waals surface area contributed by atoms with E-state index in [0.29, 0.717) is 39.8 Å². The Labute approximate surface area is 228 Å². The zero-order valence-corrected chi connectivity index (χ0v) is 22.8. The fraction of sp³-hybridized carbons (Fsp3) is 0.179. The Balaban J connectivity index is 1.66. The van der Waals surface area contributed by atoms with Gasteiger partial charge in [-0.05, 0) is 84.2 Å². The van der Waals surface area contributed by atoms with Crippen molar-refractivity contribution < 1.29 is 23.9 Å². The minimum absolute atomic E-state index is 0.210. The predicted octanol–water partition coefficient (Wildman–Crippen LogP) is 6.36. The first-order valence-corrected chi connectivity index (χ1v) is 12.7. The molecule has 0 aliphatic carbocycles. The molecule has 0 aromatic heterocycles. The maximum atomic E-state index is 13.2. The monoisotopic (exact) mass is 582 g/mol. The Morgan fingerprint density at radius 2 is 1.73 bits per heavy atom. The summed E-state index contributed by atoms with van der Waals surface area (Å²) in [5.41, 5.74) is 3.86. The van der Waals surface area contributed by atoms with Crippen molar-refractivity contribution in [1.82, 2.24) is 5.32 Å². The first-order valence-electron chi connectivity index (χ1n) is 11.5. The SMILES string of the molecule is CCOc1cc(/C=C2\C(=O)NC(=O)N(c3cccc(Cl)c3)C2=O)cc(Br)c1OCc1cc(C)cc(C)c1. The van der Waals surface area contributed by atoms with E-state index < -0.39 is 17.8 Å². The highest BCUT2D eigenvalue weighted by atomic mass is 79.9. The van der Waals surface area contributed by atoms with Crippen molar-refractivity contribution in [2.45, 2.75) is 27.4 Å². The molecule has 0 atom stereocenters. The molecule has 1 aliphatic rings. The van der Waals surface area contributed by atoms with Crippen molar-refractivity contribution in [1.29, 1.82) is 0 Å². The first-order chi connectivity index (χ1) is 17.7. The average molecular weight is 584 g/mol. The van der Waals surface area contributed by atoms with Crippen LogP contribution >= 0.6 is 27.5 Å². The summed E-state index contributed by atoms with van der Waals surface area (Å²) in [7, 11) is 0. The second-order valence-electron chi connectivity index (χ2n) is 8.49. The van der Waals surface area contributed by atoms with Crippen LogP contribution in [0.4, 0.5) is 10.5 Å². The Morgan fingerprint density at radius 1 is 1.00 bits per heavy atom. The summed E-state index contributed by atoms with van der Waals surface area (Å²) < 4.78 is 12.5. The number of ether oxygens (including phenoxy) is 2. The molecule has 1 N–H and O–H groups in total. The average Bonchev–Trinajstić information content (AvgIpc) is 2.81. The molecule has 0 radical (unpaired) electrons. The molecule has 0 bridgehead atoms. The number of nitrogens with zero attached hydrogens (tertiary/aromatic N) is 1. The molecule has 9 heteroatoms. The highest BCUT2D eigenvalue weighted by molar-refractivity contribution is 9.10. The smallest absolute Gasteiger partial charge is 0.335 e. The Bertz CT molecular complexity index is 1420. The lowest BCUT2D eigenvalue weighted by Gasteiger charge is -2.26. The highest BCUT2D eigenvalue weighted by Gasteiger charge is 2.37. The molecule has 1 saturated heterocycles. The van der Waals surface area contributed by atoms with E-state index in [9.17, 15) is 14.4 Å². The Morgan fingerprint density at radius 3 is 2.41 bits per heavy atom. The van der Waals surface area contributed by atoms with Gasteiger partial charge in [0.05, 0.1) is 16.8 Å². The molecule has 1 fully saturated rings. The van der Waals surface area contributed by atoms with Crippen molar-refractivity contribution in [2.75, 3.05) is 11.5 Å². The van der Waals surface area contributed by atoms with Gasteiger partial charge in [0.2, 0.25) is 0 Å². The summed E-state index contributed by atoms with van der Waals surface area (Å²) in [6, 6.07) is 15.0. The fourth-order valence-electron chi connectivity index (χ4n) is 4.06. The standard InChI is InChI=1S/C28H24BrClN2O5/c1-4-36-24-13-18(12-23(29)25(24)37-15-19-9-16(2)8-17(3)10-19)11-22-26(33)31-28(35)32(27(22)34)21-7-5-6-20(30)14-21/h5-14H,4,15H2,1-3H3,(H,31,33,35)/b22-11+. The molecule has 190 valence electrons. The third-order valence-electron chi connectivity index (χ3n) is 5.48. The number of hydrogen-bond donors (Lipinski definition) is 1. The number of rotatable bonds is 7. The molecular weight excluding hydrogens is 560 g/mol. The summed E-state index contributed by atoms with van der Waals surface area (Å²) in [6.07, 6.45) is 1.41. The van der Waals surface area contributed by atoms with E-state index in [2.05, 4.69) is 39.4 Å². The number of benzene rings is 3. The lowest BCUT2D eigenvalue weighted by atomic mass is 10.1. The van der Waals surface area contributed by atoms with Crippen LogP contribution in [-0.4, -0.2) is 24.5 Å². The summed E-state index contributed by atoms with van der Waals surface area (Å²) in [5, 5.41) is 2.56. The van der Waals surface area contributed by atoms with E-state index in [1.807, 2.05) is 20.8 Å². The molecule has 7 nitrogen and oxygen atoms in total. The minimum atomic E-state index is -0.847. The van der Waals surface area contributed by atoms with Gasteiger partial charge in [-0.1, -0.05) is 47.0 Å². The quantitative estimate of drug-likeness (QED) is 0.258. The molecule has 0 spiro atoms. The number of imide groups is 2. The van der Waals surface area contributed by atoms with Crippen molar-refractivity contribution in [2.24, 2.45) is 0 Å². The van der Waals surface area contributed by atoms with Gasteiger partial charge < -0.3 is 9.47 Å². The number of urea groups is 1. The molecule has 1 aliphatic heterocycles. The lowest BCUT2D eigenvalue weighted by molar-refractivity contribution is -0.122. The number of carbonyl (C=O) groups excluding carboxylic acids is 3. The second-order valence-corrected chi connectivity index (χ2v) is 9.78. The van der Waals surface area contributed by atoms with Crippen molar-refractivity contribution in [3.63, 3.8) is 0 Å². The van der Waals surface area contributed by atoms with Gasteiger partial charge >= 0.3 is 6.03 Å². The van der Waals surface area contributed by atoms with E-state index in [0.717, 1.165) is 21.6 Å². The number of hydrogen-bond acceptors (Lipinski definition) is 5. The van der Waals surface area contributed by atoms with Gasteiger partial charge in [-0.2, -0.15) is 0 Å². The van der Waals surface area contributed by atoms with Gasteiger partial charge in [-0.25, -0.2) is 9.69 Å². The van der Waals surface area contributed by atoms with Crippen molar-refractivity contribution >= 4 is 57.1 Å². The molecule has 0 unspecified atom stereocenters. The van der Waals surface area contributed by atoms with E-state index in [-0.39, 0.29) is 11.3 Å². The summed E-state index contributed by atoms with van der Waals surface area (Å²) in [5.74, 6) is -0.615. The van der Waals surface area contributed by atoms with Crippen molar-refractivity contribution in [3.8, 4) is 11.5 Å². The number of anilines is 1. The van der Waals surface area contributed by atoms with Crippen LogP contribution in [0.2, 0.25) is 5.02 Å². The lowest BCUT2D eigenvalue weighted by Crippen LogP contribution is -2.54. The first kappa shape index (κ1) is 26.4. The van der Waals surface area contributed by atoms with Gasteiger partial charge in [0.1, 0.15) is 12.2 Å². The van der Waals surface area contributed by atoms with Crippen molar-refractivity contribution in [3.05, 3.63) is 91.9 Å². The largest absolute Gasteiger partial charge is 0.490 e. The zero-order valence-electron chi connectivity index (χ0n) is 20.4. The predicted molar refractivity (Wildman–Crippen MR) is 146 cm³/mol. The van der Waals surface area contributed by atoms with Crippen LogP contribution in [0, 0.1) is 13.8 Å². The third-order valence-corrected chi connectivity index (χ3v) is 6.30. The zero-order chi connectivity index (χ0) is 26.7. The van der Waals surface area contributed by atoms with Crippen LogP contribution in [0.3, 0.4) is 0 Å². The molecule has 4 rings (SSSR count). The van der Waals surface area contributed by atoms with E-state index in [1.165, 1.54) is 12.1 Å². The molecule has 4 amide bonds. The maximum absolute atomic E-state index is 13.2. The van der Waals surface area contributed by atoms with Gasteiger partial charge in [-0.15, -0.1) is 0 Å². The van der Waals surface area contributed by atoms with Crippen LogP contribution in [0.5, 0.6) is 11.5 Å². The summed E-state index contributed by atoms with van der Waals surface area (Å²) in [4.78, 5) is 39.1. The second kappa shape index (κ2) is 11.2. The number of aryl methyl sites for hydroxylation is 2. The Hall–Kier alpha value is -3.62. The summed E-state index contributed by atoms with van der Waals surface area (Å²) in [6.45, 7) is 6.62. The maximum Gasteiger partial charge on any atom is 0.335 e. The number of nitrogens with one attached hydrogen (secondary N) is 1.